The molecule has 8 heteroatoms. The Morgan fingerprint density at radius 1 is 1.06 bits per heavy atom. The van der Waals surface area contributed by atoms with Gasteiger partial charge in [-0.15, -0.1) is 0 Å². The molecule has 1 atom stereocenters. The zero-order valence-corrected chi connectivity index (χ0v) is 18.4. The van der Waals surface area contributed by atoms with Crippen LogP contribution in [-0.4, -0.2) is 24.1 Å². The topological polar surface area (TPSA) is 74.5 Å². The lowest BCUT2D eigenvalue weighted by molar-refractivity contribution is 0.459. The second kappa shape index (κ2) is 7.71. The quantitative estimate of drug-likeness (QED) is 0.384. The van der Waals surface area contributed by atoms with Gasteiger partial charge in [0.15, 0.2) is 0 Å². The van der Waals surface area contributed by atoms with E-state index in [1.807, 2.05) is 18.2 Å². The highest BCUT2D eigenvalue weighted by Crippen LogP contribution is 2.40. The van der Waals surface area contributed by atoms with Crippen LogP contribution in [0.4, 0.5) is 10.3 Å². The third kappa shape index (κ3) is 3.45. The number of anilines is 1. The van der Waals surface area contributed by atoms with Gasteiger partial charge in [-0.2, -0.15) is 0 Å². The van der Waals surface area contributed by atoms with Gasteiger partial charge in [0.05, 0.1) is 23.1 Å². The molecular weight excluding hydrogens is 439 g/mol. The minimum Gasteiger partial charge on any atom is -0.368 e. The molecule has 4 heterocycles. The predicted molar refractivity (Wildman–Crippen MR) is 127 cm³/mol. The molecule has 0 radical (unpaired) electrons. The van der Waals surface area contributed by atoms with Crippen molar-refractivity contribution in [2.45, 2.75) is 25.4 Å². The molecular formula is C25H20ClFN6. The molecule has 0 amide bonds. The number of halogens is 2. The van der Waals surface area contributed by atoms with E-state index in [-0.39, 0.29) is 17.8 Å². The molecule has 33 heavy (non-hydrogen) atoms. The fourth-order valence-corrected chi connectivity index (χ4v) is 4.94. The summed E-state index contributed by atoms with van der Waals surface area (Å²) in [4.78, 5) is 13.5. The maximum absolute atomic E-state index is 13.6. The molecule has 6 nitrogen and oxygen atoms in total. The summed E-state index contributed by atoms with van der Waals surface area (Å²) in [5.41, 5.74) is 10.3. The van der Waals surface area contributed by atoms with Crippen molar-refractivity contribution in [2.24, 2.45) is 0 Å². The van der Waals surface area contributed by atoms with Crippen LogP contribution in [-0.2, 0) is 13.0 Å². The van der Waals surface area contributed by atoms with E-state index in [1.165, 1.54) is 12.1 Å². The average Bonchev–Trinajstić information content (AvgIpc) is 3.49. The van der Waals surface area contributed by atoms with E-state index in [9.17, 15) is 4.39 Å². The van der Waals surface area contributed by atoms with Crippen molar-refractivity contribution >= 4 is 28.5 Å². The maximum atomic E-state index is 13.6. The number of aryl methyl sites for hydroxylation is 1. The molecule has 2 N–H and O–H groups in total. The Morgan fingerprint density at radius 3 is 2.73 bits per heavy atom. The first-order valence-electron chi connectivity index (χ1n) is 10.8. The van der Waals surface area contributed by atoms with Crippen LogP contribution in [0.3, 0.4) is 0 Å². The molecule has 0 bridgehead atoms. The average molecular weight is 459 g/mol. The highest BCUT2D eigenvalue weighted by atomic mass is 35.5. The van der Waals surface area contributed by atoms with Crippen LogP contribution < -0.4 is 5.73 Å². The van der Waals surface area contributed by atoms with E-state index in [2.05, 4.69) is 37.4 Å². The Labute approximate surface area is 194 Å². The first kappa shape index (κ1) is 19.9. The molecule has 1 aliphatic heterocycles. The largest absolute Gasteiger partial charge is 0.368 e. The third-order valence-electron chi connectivity index (χ3n) is 6.23. The van der Waals surface area contributed by atoms with Crippen molar-refractivity contribution < 1.29 is 4.39 Å². The van der Waals surface area contributed by atoms with Gasteiger partial charge in [-0.3, -0.25) is 0 Å². The highest BCUT2D eigenvalue weighted by Gasteiger charge is 2.31. The van der Waals surface area contributed by atoms with Gasteiger partial charge in [0.25, 0.3) is 0 Å². The fourth-order valence-electron chi connectivity index (χ4n) is 4.76. The first-order chi connectivity index (χ1) is 16.1. The van der Waals surface area contributed by atoms with Crippen molar-refractivity contribution in [3.63, 3.8) is 0 Å². The van der Waals surface area contributed by atoms with Gasteiger partial charge >= 0.3 is 0 Å². The molecule has 164 valence electrons. The second-order valence-corrected chi connectivity index (χ2v) is 8.70. The summed E-state index contributed by atoms with van der Waals surface area (Å²) in [5, 5.41) is 1.84. The minimum absolute atomic E-state index is 0.180. The Kier molecular flexibility index (Phi) is 4.66. The SMILES string of the molecule is Nc1nccc(-c2c(-c3ccc(F)cc3)nc3n2[C@H](Cn2ccc4cc(Cl)ccc42)CC3)n1. The van der Waals surface area contributed by atoms with Gasteiger partial charge in [-0.25, -0.2) is 19.3 Å². The van der Waals surface area contributed by atoms with Crippen molar-refractivity contribution in [1.82, 2.24) is 24.1 Å². The van der Waals surface area contributed by atoms with Gasteiger partial charge in [-0.1, -0.05) is 11.6 Å². The number of imidazole rings is 1. The number of rotatable bonds is 4. The predicted octanol–water partition coefficient (Wildman–Crippen LogP) is 5.52. The van der Waals surface area contributed by atoms with E-state index in [0.717, 1.165) is 58.1 Å². The zero-order valence-electron chi connectivity index (χ0n) is 17.6. The van der Waals surface area contributed by atoms with Crippen LogP contribution in [0.25, 0.3) is 33.5 Å². The Morgan fingerprint density at radius 2 is 1.91 bits per heavy atom. The summed E-state index contributed by atoms with van der Waals surface area (Å²) in [5.74, 6) is 0.915. The number of nitrogens with zero attached hydrogens (tertiary/aromatic N) is 5. The maximum Gasteiger partial charge on any atom is 0.220 e. The van der Waals surface area contributed by atoms with Gasteiger partial charge in [0.2, 0.25) is 5.95 Å². The lowest BCUT2D eigenvalue weighted by Crippen LogP contribution is -2.13. The van der Waals surface area contributed by atoms with Crippen LogP contribution in [0, 0.1) is 5.82 Å². The molecule has 0 spiro atoms. The summed E-state index contributed by atoms with van der Waals surface area (Å²) in [6, 6.07) is 16.5. The highest BCUT2D eigenvalue weighted by molar-refractivity contribution is 6.31. The summed E-state index contributed by atoms with van der Waals surface area (Å²) >= 11 is 6.17. The number of nitrogen functional groups attached to an aromatic ring is 1. The molecule has 1 aliphatic rings. The fraction of sp³-hybridized carbons (Fsp3) is 0.160. The molecule has 2 aromatic carbocycles. The van der Waals surface area contributed by atoms with E-state index < -0.39 is 0 Å². The Hall–Kier alpha value is -3.71. The van der Waals surface area contributed by atoms with Crippen molar-refractivity contribution in [3.8, 4) is 22.6 Å². The number of nitrogens with two attached hydrogens (primary N) is 1. The Balaban J connectivity index is 1.48. The van der Waals surface area contributed by atoms with Gasteiger partial charge < -0.3 is 14.9 Å². The summed E-state index contributed by atoms with van der Waals surface area (Å²) < 4.78 is 18.1. The van der Waals surface area contributed by atoms with Gasteiger partial charge in [-0.05, 0) is 61.0 Å². The van der Waals surface area contributed by atoms with Gasteiger partial charge in [0, 0.05) is 46.8 Å². The van der Waals surface area contributed by atoms with Crippen molar-refractivity contribution in [1.29, 1.82) is 0 Å². The Bertz CT molecular complexity index is 1490. The lowest BCUT2D eigenvalue weighted by Gasteiger charge is -2.19. The van der Waals surface area contributed by atoms with Crippen molar-refractivity contribution in [2.75, 3.05) is 5.73 Å². The number of hydrogen-bond donors (Lipinski definition) is 1. The smallest absolute Gasteiger partial charge is 0.220 e. The van der Waals surface area contributed by atoms with Crippen LogP contribution in [0.15, 0.2) is 67.0 Å². The number of fused-ring (bicyclic) bond motifs is 2. The zero-order chi connectivity index (χ0) is 22.5. The first-order valence-corrected chi connectivity index (χ1v) is 11.1. The molecule has 0 unspecified atom stereocenters. The molecule has 5 aromatic rings. The summed E-state index contributed by atoms with van der Waals surface area (Å²) in [6.45, 7) is 0.783. The molecule has 6 rings (SSSR count). The molecule has 0 saturated carbocycles. The number of hydrogen-bond acceptors (Lipinski definition) is 4. The number of aromatic nitrogens is 5. The summed E-state index contributed by atoms with van der Waals surface area (Å²) in [7, 11) is 0. The standard InChI is InChI=1S/C25H20ClFN6/c26-17-3-7-21-16(13-17)10-12-32(21)14-19-6-8-22-31-23(15-1-4-18(27)5-2-15)24(33(19)22)20-9-11-29-25(28)30-20/h1-5,7,9-13,19H,6,8,14H2,(H2,28,29,30)/t19-/m0/s1. The van der Waals surface area contributed by atoms with Crippen LogP contribution in [0.2, 0.25) is 5.02 Å². The van der Waals surface area contributed by atoms with Crippen LogP contribution >= 0.6 is 11.6 Å². The molecule has 3 aromatic heterocycles. The number of benzene rings is 2. The van der Waals surface area contributed by atoms with Crippen molar-refractivity contribution in [3.05, 3.63) is 83.7 Å². The second-order valence-electron chi connectivity index (χ2n) is 8.27. The lowest BCUT2D eigenvalue weighted by atomic mass is 10.1. The van der Waals surface area contributed by atoms with Crippen LogP contribution in [0.1, 0.15) is 18.3 Å². The molecule has 0 fully saturated rings. The van der Waals surface area contributed by atoms with E-state index in [0.29, 0.717) is 5.69 Å². The van der Waals surface area contributed by atoms with Crippen LogP contribution in [0.5, 0.6) is 0 Å². The monoisotopic (exact) mass is 458 g/mol. The molecule has 0 saturated heterocycles. The van der Waals surface area contributed by atoms with E-state index in [4.69, 9.17) is 22.3 Å². The normalized spacial score (nSPS) is 15.3. The third-order valence-corrected chi connectivity index (χ3v) is 6.46. The van der Waals surface area contributed by atoms with Gasteiger partial charge in [0.1, 0.15) is 11.6 Å². The van der Waals surface area contributed by atoms with E-state index in [1.54, 1.807) is 18.3 Å². The molecule has 0 aliphatic carbocycles. The van der Waals surface area contributed by atoms with E-state index >= 15 is 0 Å². The summed E-state index contributed by atoms with van der Waals surface area (Å²) in [6.07, 6.45) is 5.57. The minimum atomic E-state index is -0.282.